The normalized spacial score (nSPS) is 17.8. The van der Waals surface area contributed by atoms with Crippen LogP contribution < -0.4 is 4.90 Å². The molecule has 1 N–H and O–H groups in total. The molecule has 1 heterocycles. The van der Waals surface area contributed by atoms with Crippen LogP contribution in [0.3, 0.4) is 0 Å². The monoisotopic (exact) mass is 347 g/mol. The van der Waals surface area contributed by atoms with Crippen molar-refractivity contribution in [3.8, 4) is 0 Å². The molecule has 3 nitrogen and oxygen atoms in total. The summed E-state index contributed by atoms with van der Waals surface area (Å²) in [6.45, 7) is 0. The number of benzene rings is 1. The Hall–Kier alpha value is -1.50. The van der Waals surface area contributed by atoms with E-state index in [0.29, 0.717) is 0 Å². The second-order valence-corrected chi connectivity index (χ2v) is 5.65. The molecule has 2 aliphatic rings. The summed E-state index contributed by atoms with van der Waals surface area (Å²) >= 11 is 2.70. The maximum atomic E-state index is 14.2. The van der Waals surface area contributed by atoms with Gasteiger partial charge in [0.15, 0.2) is 17.5 Å². The fourth-order valence-electron chi connectivity index (χ4n) is 2.34. The fourth-order valence-corrected chi connectivity index (χ4v) is 2.70. The zero-order valence-electron chi connectivity index (χ0n) is 10.1. The molecule has 1 fully saturated rings. The van der Waals surface area contributed by atoms with Crippen LogP contribution in [0.15, 0.2) is 16.2 Å². The topological polar surface area (TPSA) is 40.5 Å². The van der Waals surface area contributed by atoms with Crippen LogP contribution in [0.1, 0.15) is 18.4 Å². The number of hydrogen-bond donors (Lipinski definition) is 1. The Bertz CT molecular complexity index is 656. The number of carbonyl (C=O) groups is 1. The molecule has 0 unspecified atom stereocenters. The number of hydrogen-bond acceptors (Lipinski definition) is 2. The van der Waals surface area contributed by atoms with E-state index in [2.05, 4.69) is 15.9 Å². The van der Waals surface area contributed by atoms with Crippen LogP contribution in [0, 0.1) is 17.5 Å². The molecule has 1 aromatic carbocycles. The van der Waals surface area contributed by atoms with E-state index in [0.717, 1.165) is 12.8 Å². The molecule has 0 saturated heterocycles. The summed E-state index contributed by atoms with van der Waals surface area (Å²) in [4.78, 5) is 12.5. The molecule has 0 atom stereocenters. The first kappa shape index (κ1) is 13.5. The molecular weight excluding hydrogens is 339 g/mol. The third-order valence-corrected chi connectivity index (χ3v) is 4.17. The van der Waals surface area contributed by atoms with E-state index in [4.69, 9.17) is 5.11 Å². The lowest BCUT2D eigenvalue weighted by molar-refractivity contribution is -0.132. The van der Waals surface area contributed by atoms with Crippen LogP contribution in [0.4, 0.5) is 18.9 Å². The van der Waals surface area contributed by atoms with E-state index in [-0.39, 0.29) is 29.3 Å². The number of carboxylic acids is 1. The first-order valence-electron chi connectivity index (χ1n) is 5.99. The van der Waals surface area contributed by atoms with E-state index in [9.17, 15) is 18.0 Å². The quantitative estimate of drug-likeness (QED) is 0.658. The lowest BCUT2D eigenvalue weighted by Crippen LogP contribution is -2.29. The molecule has 1 aliphatic heterocycles. The van der Waals surface area contributed by atoms with Gasteiger partial charge in [-0.15, -0.1) is 0 Å². The van der Waals surface area contributed by atoms with Crippen LogP contribution in [0.5, 0.6) is 0 Å². The lowest BCUT2D eigenvalue weighted by Gasteiger charge is -2.29. The molecule has 1 aliphatic carbocycles. The van der Waals surface area contributed by atoms with Gasteiger partial charge in [0, 0.05) is 24.2 Å². The molecule has 1 saturated carbocycles. The number of halogens is 4. The van der Waals surface area contributed by atoms with Gasteiger partial charge in [0.2, 0.25) is 0 Å². The van der Waals surface area contributed by atoms with Gasteiger partial charge in [0.25, 0.3) is 0 Å². The molecule has 7 heteroatoms. The van der Waals surface area contributed by atoms with Crippen LogP contribution >= 0.6 is 15.9 Å². The molecule has 0 bridgehead atoms. The summed E-state index contributed by atoms with van der Waals surface area (Å²) in [5.74, 6) is -4.65. The highest BCUT2D eigenvalue weighted by Crippen LogP contribution is 2.43. The van der Waals surface area contributed by atoms with Crippen molar-refractivity contribution >= 4 is 27.6 Å². The SMILES string of the molecule is O=C(O)C1=CN(C2CC2)c2c(F)c(Br)c(F)c(F)c2C1. The van der Waals surface area contributed by atoms with E-state index in [1.54, 1.807) is 0 Å². The zero-order chi connectivity index (χ0) is 14.6. The summed E-state index contributed by atoms with van der Waals surface area (Å²) in [5.41, 5.74) is -0.386. The van der Waals surface area contributed by atoms with Gasteiger partial charge >= 0.3 is 5.97 Å². The van der Waals surface area contributed by atoms with E-state index >= 15 is 0 Å². The minimum Gasteiger partial charge on any atom is -0.478 e. The summed E-state index contributed by atoms with van der Waals surface area (Å²) in [5, 5.41) is 9.05. The van der Waals surface area contributed by atoms with Crippen LogP contribution in [0.25, 0.3) is 0 Å². The van der Waals surface area contributed by atoms with Gasteiger partial charge in [-0.25, -0.2) is 18.0 Å². The molecule has 106 valence electrons. The van der Waals surface area contributed by atoms with Gasteiger partial charge in [-0.05, 0) is 28.8 Å². The fraction of sp³-hybridized carbons (Fsp3) is 0.308. The number of carboxylic acid groups (broad SMARTS) is 1. The predicted octanol–water partition coefficient (Wildman–Crippen LogP) is 3.36. The van der Waals surface area contributed by atoms with E-state index in [1.165, 1.54) is 11.1 Å². The Balaban J connectivity index is 2.23. The van der Waals surface area contributed by atoms with Crippen LogP contribution in [-0.2, 0) is 11.2 Å². The average Bonchev–Trinajstić information content (AvgIpc) is 3.25. The third-order valence-electron chi connectivity index (χ3n) is 3.47. The molecular formula is C13H9BrF3NO2. The van der Waals surface area contributed by atoms with Crippen molar-refractivity contribution in [1.29, 1.82) is 0 Å². The number of nitrogens with zero attached hydrogens (tertiary/aromatic N) is 1. The molecule has 0 aromatic heterocycles. The van der Waals surface area contributed by atoms with Gasteiger partial charge in [-0.3, -0.25) is 0 Å². The maximum Gasteiger partial charge on any atom is 0.333 e. The smallest absolute Gasteiger partial charge is 0.333 e. The Morgan fingerprint density at radius 2 is 1.90 bits per heavy atom. The predicted molar refractivity (Wildman–Crippen MR) is 68.9 cm³/mol. The van der Waals surface area contributed by atoms with Crippen molar-refractivity contribution in [1.82, 2.24) is 0 Å². The molecule has 0 radical (unpaired) electrons. The molecule has 20 heavy (non-hydrogen) atoms. The summed E-state index contributed by atoms with van der Waals surface area (Å²) < 4.78 is 41.3. The minimum absolute atomic E-state index is 0.0605. The molecule has 0 spiro atoms. The van der Waals surface area contributed by atoms with Crippen molar-refractivity contribution in [2.45, 2.75) is 25.3 Å². The lowest BCUT2D eigenvalue weighted by atomic mass is 9.98. The van der Waals surface area contributed by atoms with E-state index < -0.39 is 27.9 Å². The van der Waals surface area contributed by atoms with E-state index in [1.807, 2.05) is 0 Å². The van der Waals surface area contributed by atoms with Gasteiger partial charge in [0.05, 0.1) is 15.7 Å². The largest absolute Gasteiger partial charge is 0.478 e. The Kier molecular flexibility index (Phi) is 3.04. The Morgan fingerprint density at radius 1 is 1.25 bits per heavy atom. The maximum absolute atomic E-state index is 14.2. The van der Waals surface area contributed by atoms with Gasteiger partial charge < -0.3 is 10.0 Å². The van der Waals surface area contributed by atoms with Crippen molar-refractivity contribution in [3.05, 3.63) is 39.3 Å². The minimum atomic E-state index is -1.33. The summed E-state index contributed by atoms with van der Waals surface area (Å²) in [7, 11) is 0. The Labute approximate surface area is 120 Å². The third kappa shape index (κ3) is 1.91. The molecule has 0 amide bonds. The average molecular weight is 348 g/mol. The zero-order valence-corrected chi connectivity index (χ0v) is 11.7. The highest BCUT2D eigenvalue weighted by atomic mass is 79.9. The first-order valence-corrected chi connectivity index (χ1v) is 6.78. The van der Waals surface area contributed by atoms with Gasteiger partial charge in [-0.1, -0.05) is 0 Å². The molecule has 3 rings (SSSR count). The van der Waals surface area contributed by atoms with Crippen molar-refractivity contribution in [3.63, 3.8) is 0 Å². The highest BCUT2D eigenvalue weighted by Gasteiger charge is 2.38. The number of aliphatic carboxylic acids is 1. The van der Waals surface area contributed by atoms with Gasteiger partial charge in [0.1, 0.15) is 0 Å². The van der Waals surface area contributed by atoms with Gasteiger partial charge in [-0.2, -0.15) is 0 Å². The van der Waals surface area contributed by atoms with Crippen molar-refractivity contribution in [2.75, 3.05) is 4.90 Å². The molecule has 1 aromatic rings. The summed E-state index contributed by atoms with van der Waals surface area (Å²) in [6.07, 6.45) is 2.51. The standard InChI is InChI=1S/C13H9BrF3NO2/c14-8-10(16)9(15)7-3-5(13(19)20)4-18(6-1-2-6)12(7)11(8)17/h4,6H,1-3H2,(H,19,20). The van der Waals surface area contributed by atoms with Crippen LogP contribution in [-0.4, -0.2) is 17.1 Å². The van der Waals surface area contributed by atoms with Crippen molar-refractivity contribution in [2.24, 2.45) is 0 Å². The number of rotatable bonds is 2. The Morgan fingerprint density at radius 3 is 2.45 bits per heavy atom. The van der Waals surface area contributed by atoms with Crippen molar-refractivity contribution < 1.29 is 23.1 Å². The second kappa shape index (κ2) is 4.51. The summed E-state index contributed by atoms with van der Waals surface area (Å²) in [6, 6.07) is -0.0605. The van der Waals surface area contributed by atoms with Crippen LogP contribution in [0.2, 0.25) is 0 Å². The highest BCUT2D eigenvalue weighted by molar-refractivity contribution is 9.10. The first-order chi connectivity index (χ1) is 9.41. The number of anilines is 1. The second-order valence-electron chi connectivity index (χ2n) is 4.86. The number of fused-ring (bicyclic) bond motifs is 1.